The van der Waals surface area contributed by atoms with E-state index in [-0.39, 0.29) is 5.91 Å². The quantitative estimate of drug-likeness (QED) is 0.818. The van der Waals surface area contributed by atoms with Crippen molar-refractivity contribution in [3.8, 4) is 6.07 Å². The first kappa shape index (κ1) is 18.2. The number of amides is 1. The Balaban J connectivity index is 1.53. The second-order valence-electron chi connectivity index (χ2n) is 6.18. The summed E-state index contributed by atoms with van der Waals surface area (Å²) in [6, 6.07) is 9.76. The average Bonchev–Trinajstić information content (AvgIpc) is 2.72. The third-order valence-electron chi connectivity index (χ3n) is 4.60. The maximum atomic E-state index is 12.4. The second-order valence-corrected chi connectivity index (χ2v) is 7.03. The lowest BCUT2D eigenvalue weighted by atomic mass is 9.96. The molecule has 0 aliphatic carbocycles. The smallest absolute Gasteiger partial charge is 0.252 e. The van der Waals surface area contributed by atoms with Gasteiger partial charge in [-0.05, 0) is 37.1 Å². The largest absolute Gasteiger partial charge is 0.354 e. The molecule has 0 bridgehead atoms. The van der Waals surface area contributed by atoms with Gasteiger partial charge in [0.25, 0.3) is 5.91 Å². The molecule has 1 aliphatic heterocycles. The summed E-state index contributed by atoms with van der Waals surface area (Å²) < 4.78 is 0. The molecule has 1 aromatic heterocycles. The second kappa shape index (κ2) is 8.68. The molecule has 0 saturated carbocycles. The van der Waals surface area contributed by atoms with Gasteiger partial charge in [0, 0.05) is 36.9 Å². The molecule has 1 amide bonds. The van der Waals surface area contributed by atoms with Crippen LogP contribution in [0, 0.1) is 17.2 Å². The van der Waals surface area contributed by atoms with Crippen LogP contribution in [0.25, 0.3) is 0 Å². The van der Waals surface area contributed by atoms with Gasteiger partial charge in [-0.25, -0.2) is 9.97 Å². The number of rotatable bonds is 5. The average molecular weight is 367 g/mol. The predicted molar refractivity (Wildman–Crippen MR) is 102 cm³/mol. The van der Waals surface area contributed by atoms with Gasteiger partial charge in [0.15, 0.2) is 11.5 Å². The summed E-state index contributed by atoms with van der Waals surface area (Å²) in [4.78, 5) is 23.9. The Morgan fingerprint density at radius 3 is 2.77 bits per heavy atom. The monoisotopic (exact) mass is 367 g/mol. The van der Waals surface area contributed by atoms with Gasteiger partial charge in [0.05, 0.1) is 5.56 Å². The summed E-state index contributed by atoms with van der Waals surface area (Å²) in [7, 11) is 0. The van der Waals surface area contributed by atoms with Crippen LogP contribution >= 0.6 is 11.8 Å². The van der Waals surface area contributed by atoms with Crippen LogP contribution in [0.1, 0.15) is 28.9 Å². The van der Waals surface area contributed by atoms with E-state index in [2.05, 4.69) is 26.3 Å². The molecule has 0 spiro atoms. The highest BCUT2D eigenvalue weighted by molar-refractivity contribution is 7.98. The number of benzene rings is 1. The molecule has 1 saturated heterocycles. The van der Waals surface area contributed by atoms with Gasteiger partial charge in [0.1, 0.15) is 6.07 Å². The fourth-order valence-electron chi connectivity index (χ4n) is 3.15. The molecule has 3 rings (SSSR count). The molecular weight excluding hydrogens is 346 g/mol. The number of nitrogens with zero attached hydrogens (tertiary/aromatic N) is 4. The molecule has 1 fully saturated rings. The van der Waals surface area contributed by atoms with E-state index in [9.17, 15) is 4.79 Å². The van der Waals surface area contributed by atoms with Gasteiger partial charge < -0.3 is 10.2 Å². The summed E-state index contributed by atoms with van der Waals surface area (Å²) >= 11 is 1.58. The van der Waals surface area contributed by atoms with Crippen molar-refractivity contribution < 1.29 is 4.79 Å². The standard InChI is InChI=1S/C19H21N5OS/c1-26-17-5-3-2-4-15(17)19(25)23-13-14-6-10-24(11-7-14)18-16(12-20)21-8-9-22-18/h2-5,8-9,14H,6-7,10-11,13H2,1H3,(H,23,25). The topological polar surface area (TPSA) is 81.9 Å². The molecule has 6 nitrogen and oxygen atoms in total. The van der Waals surface area contributed by atoms with E-state index in [4.69, 9.17) is 5.26 Å². The summed E-state index contributed by atoms with van der Waals surface area (Å²) in [5.41, 5.74) is 1.10. The van der Waals surface area contributed by atoms with Crippen LogP contribution in [0.2, 0.25) is 0 Å². The number of hydrogen-bond donors (Lipinski definition) is 1. The van der Waals surface area contributed by atoms with Gasteiger partial charge in [-0.1, -0.05) is 12.1 Å². The molecule has 0 unspecified atom stereocenters. The lowest BCUT2D eigenvalue weighted by Crippen LogP contribution is -2.39. The van der Waals surface area contributed by atoms with Crippen molar-refractivity contribution in [1.82, 2.24) is 15.3 Å². The lowest BCUT2D eigenvalue weighted by molar-refractivity contribution is 0.0942. The van der Waals surface area contributed by atoms with E-state index in [1.54, 1.807) is 18.0 Å². The number of thioether (sulfide) groups is 1. The Kier molecular flexibility index (Phi) is 6.08. The van der Waals surface area contributed by atoms with Gasteiger partial charge in [-0.15, -0.1) is 11.8 Å². The third kappa shape index (κ3) is 4.14. The van der Waals surface area contributed by atoms with Gasteiger partial charge in [-0.3, -0.25) is 4.79 Å². The molecule has 2 heterocycles. The normalized spacial score (nSPS) is 14.7. The van der Waals surface area contributed by atoms with Crippen molar-refractivity contribution in [3.63, 3.8) is 0 Å². The van der Waals surface area contributed by atoms with Crippen LogP contribution in [-0.2, 0) is 0 Å². The van der Waals surface area contributed by atoms with Crippen LogP contribution in [0.5, 0.6) is 0 Å². The maximum absolute atomic E-state index is 12.4. The molecule has 0 radical (unpaired) electrons. The third-order valence-corrected chi connectivity index (χ3v) is 5.40. The van der Waals surface area contributed by atoms with E-state index in [0.717, 1.165) is 36.4 Å². The molecule has 1 aromatic carbocycles. The highest BCUT2D eigenvalue weighted by atomic mass is 32.2. The number of nitriles is 1. The zero-order valence-corrected chi connectivity index (χ0v) is 15.5. The highest BCUT2D eigenvalue weighted by Gasteiger charge is 2.23. The zero-order chi connectivity index (χ0) is 18.4. The molecular formula is C19H21N5OS. The Hall–Kier alpha value is -2.59. The summed E-state index contributed by atoms with van der Waals surface area (Å²) in [5.74, 6) is 1.07. The molecule has 7 heteroatoms. The Morgan fingerprint density at radius 1 is 1.31 bits per heavy atom. The van der Waals surface area contributed by atoms with Crippen molar-refractivity contribution in [2.24, 2.45) is 5.92 Å². The SMILES string of the molecule is CSc1ccccc1C(=O)NCC1CCN(c2nccnc2C#N)CC1. The first-order valence-electron chi connectivity index (χ1n) is 8.60. The van der Waals surface area contributed by atoms with E-state index < -0.39 is 0 Å². The van der Waals surface area contributed by atoms with Crippen molar-refractivity contribution in [2.45, 2.75) is 17.7 Å². The Labute approximate surface area is 157 Å². The fraction of sp³-hybridized carbons (Fsp3) is 0.368. The van der Waals surface area contributed by atoms with Crippen LogP contribution in [-0.4, -0.2) is 41.8 Å². The molecule has 1 N–H and O–H groups in total. The molecule has 1 aliphatic rings. The van der Waals surface area contributed by atoms with Crippen molar-refractivity contribution in [3.05, 3.63) is 47.9 Å². The number of anilines is 1. The van der Waals surface area contributed by atoms with E-state index in [0.29, 0.717) is 24.0 Å². The summed E-state index contributed by atoms with van der Waals surface area (Å²) in [5, 5.41) is 12.2. The Bertz CT molecular complexity index is 812. The van der Waals surface area contributed by atoms with Crippen molar-refractivity contribution in [1.29, 1.82) is 5.26 Å². The lowest BCUT2D eigenvalue weighted by Gasteiger charge is -2.32. The number of piperidine rings is 1. The van der Waals surface area contributed by atoms with Crippen molar-refractivity contribution >= 4 is 23.5 Å². The highest BCUT2D eigenvalue weighted by Crippen LogP contribution is 2.23. The number of aromatic nitrogens is 2. The van der Waals surface area contributed by atoms with Gasteiger partial charge >= 0.3 is 0 Å². The summed E-state index contributed by atoms with van der Waals surface area (Å²) in [6.07, 6.45) is 7.03. The number of nitrogens with one attached hydrogen (secondary N) is 1. The van der Waals surface area contributed by atoms with Crippen LogP contribution in [0.3, 0.4) is 0 Å². The van der Waals surface area contributed by atoms with Crippen LogP contribution in [0.15, 0.2) is 41.6 Å². The van der Waals surface area contributed by atoms with Crippen LogP contribution < -0.4 is 10.2 Å². The van der Waals surface area contributed by atoms with Gasteiger partial charge in [-0.2, -0.15) is 5.26 Å². The minimum absolute atomic E-state index is 0.0157. The zero-order valence-electron chi connectivity index (χ0n) is 14.7. The fourth-order valence-corrected chi connectivity index (χ4v) is 3.75. The summed E-state index contributed by atoms with van der Waals surface area (Å²) in [6.45, 7) is 2.30. The maximum Gasteiger partial charge on any atom is 0.252 e. The molecule has 26 heavy (non-hydrogen) atoms. The number of hydrogen-bond acceptors (Lipinski definition) is 6. The number of carbonyl (C=O) groups is 1. The van der Waals surface area contributed by atoms with Crippen LogP contribution in [0.4, 0.5) is 5.82 Å². The van der Waals surface area contributed by atoms with E-state index in [1.807, 2.05) is 30.5 Å². The van der Waals surface area contributed by atoms with Gasteiger partial charge in [0.2, 0.25) is 0 Å². The first-order chi connectivity index (χ1) is 12.7. The molecule has 134 valence electrons. The first-order valence-corrected chi connectivity index (χ1v) is 9.82. The minimum Gasteiger partial charge on any atom is -0.354 e. The van der Waals surface area contributed by atoms with E-state index >= 15 is 0 Å². The Morgan fingerprint density at radius 2 is 2.04 bits per heavy atom. The molecule has 0 atom stereocenters. The predicted octanol–water partition coefficient (Wildman–Crippen LogP) is 2.72. The number of carbonyl (C=O) groups excluding carboxylic acids is 1. The minimum atomic E-state index is -0.0157. The van der Waals surface area contributed by atoms with Crippen molar-refractivity contribution in [2.75, 3.05) is 30.8 Å². The molecule has 2 aromatic rings. The van der Waals surface area contributed by atoms with E-state index in [1.165, 1.54) is 6.20 Å².